The Kier molecular flexibility index (Phi) is 6.51. The number of benzene rings is 2. The lowest BCUT2D eigenvalue weighted by atomic mass is 9.87. The second-order valence-electron chi connectivity index (χ2n) is 5.69. The van der Waals surface area contributed by atoms with Gasteiger partial charge in [-0.2, -0.15) is 0 Å². The highest BCUT2D eigenvalue weighted by Crippen LogP contribution is 2.20. The van der Waals surface area contributed by atoms with Gasteiger partial charge in [0.1, 0.15) is 15.9 Å². The summed E-state index contributed by atoms with van der Waals surface area (Å²) >= 11 is 2.05. The molecule has 0 aromatic heterocycles. The normalized spacial score (nSPS) is 11.5. The van der Waals surface area contributed by atoms with Crippen molar-refractivity contribution in [3.05, 3.63) is 63.5 Å². The molecule has 0 bridgehead atoms. The van der Waals surface area contributed by atoms with E-state index < -0.39 is 20.8 Å². The maximum atomic E-state index is 12.3. The lowest BCUT2D eigenvalue weighted by molar-refractivity contribution is -0.328. The molecule has 120 valence electrons. The molecule has 2 aromatic carbocycles. The lowest BCUT2D eigenvalue weighted by Gasteiger charge is -2.17. The zero-order valence-corrected chi connectivity index (χ0v) is 15.7. The first kappa shape index (κ1) is 19.1. The maximum Gasteiger partial charge on any atom is 0.296 e. The fourth-order valence-corrected chi connectivity index (χ4v) is 2.47. The third-order valence-corrected chi connectivity index (χ3v) is 4.41. The van der Waals surface area contributed by atoms with Crippen LogP contribution in [0.25, 0.3) is 0 Å². The molecule has 0 unspecified atom stereocenters. The Morgan fingerprint density at radius 1 is 1.05 bits per heavy atom. The van der Waals surface area contributed by atoms with Crippen molar-refractivity contribution in [1.82, 2.24) is 0 Å². The van der Waals surface area contributed by atoms with Crippen LogP contribution in [0.5, 0.6) is 0 Å². The molecule has 0 radical (unpaired) electrons. The largest absolute Gasteiger partial charge is 0.744 e. The van der Waals surface area contributed by atoms with Crippen LogP contribution in [0.15, 0.2) is 53.4 Å². The second kappa shape index (κ2) is 7.52. The topological polar surface area (TPSA) is 57.2 Å². The number of hydrogen-bond donors (Lipinski definition) is 0. The summed E-state index contributed by atoms with van der Waals surface area (Å²) in [6, 6.07) is 12.7. The van der Waals surface area contributed by atoms with Crippen molar-refractivity contribution in [2.75, 3.05) is 0 Å². The van der Waals surface area contributed by atoms with Crippen LogP contribution in [0.2, 0.25) is 0 Å². The molecule has 0 N–H and O–H groups in total. The van der Waals surface area contributed by atoms with Crippen molar-refractivity contribution in [1.29, 1.82) is 0 Å². The van der Waals surface area contributed by atoms with E-state index in [0.717, 1.165) is 12.1 Å². The number of rotatable bonds is 1. The monoisotopic (exact) mass is 436 g/mol. The third kappa shape index (κ3) is 6.41. The van der Waals surface area contributed by atoms with Gasteiger partial charge in [0.05, 0.1) is 4.90 Å². The van der Waals surface area contributed by atoms with Crippen molar-refractivity contribution in [3.8, 4) is 0 Å². The Morgan fingerprint density at radius 2 is 1.59 bits per heavy atom. The SMILES string of the molecule is CC(C)(C)c1ccc([IH+])cc1.O=S(=O)([O-])c1cccc(F)c1. The average Bonchev–Trinajstić information content (AvgIpc) is 2.38. The van der Waals surface area contributed by atoms with Crippen LogP contribution in [0.4, 0.5) is 4.39 Å². The maximum absolute atomic E-state index is 12.3. The highest BCUT2D eigenvalue weighted by atomic mass is 127. The summed E-state index contributed by atoms with van der Waals surface area (Å²) < 4.78 is 44.4. The molecule has 0 fully saturated rings. The molecule has 0 heterocycles. The van der Waals surface area contributed by atoms with E-state index in [-0.39, 0.29) is 5.41 Å². The number of hydrogen-bond acceptors (Lipinski definition) is 3. The number of halogens is 2. The zero-order chi connectivity index (χ0) is 17.0. The molecule has 2 rings (SSSR count). The minimum absolute atomic E-state index is 0.287. The van der Waals surface area contributed by atoms with Gasteiger partial charge in [0.2, 0.25) is 0 Å². The molecule has 2 aromatic rings. The first-order chi connectivity index (χ1) is 10.00. The van der Waals surface area contributed by atoms with Gasteiger partial charge in [-0.3, -0.25) is 0 Å². The predicted octanol–water partition coefficient (Wildman–Crippen LogP) is 0.169. The van der Waals surface area contributed by atoms with Gasteiger partial charge in [-0.15, -0.1) is 0 Å². The Balaban J connectivity index is 0.000000220. The van der Waals surface area contributed by atoms with Gasteiger partial charge in [-0.05, 0) is 41.3 Å². The van der Waals surface area contributed by atoms with Gasteiger partial charge >= 0.3 is 0 Å². The fourth-order valence-electron chi connectivity index (χ4n) is 1.58. The molecule has 6 heteroatoms. The minimum Gasteiger partial charge on any atom is -0.744 e. The molecule has 0 atom stereocenters. The molecule has 0 amide bonds. The van der Waals surface area contributed by atoms with Crippen LogP contribution in [-0.4, -0.2) is 13.0 Å². The first-order valence-corrected chi connectivity index (χ1v) is 9.06. The second-order valence-corrected chi connectivity index (χ2v) is 8.41. The van der Waals surface area contributed by atoms with Crippen LogP contribution < -0.4 is 22.6 Å². The van der Waals surface area contributed by atoms with Crippen LogP contribution >= 0.6 is 0 Å². The first-order valence-electron chi connectivity index (χ1n) is 6.49. The predicted molar refractivity (Wildman–Crippen MR) is 79.6 cm³/mol. The summed E-state index contributed by atoms with van der Waals surface area (Å²) in [7, 11) is -4.52. The molecule has 0 spiro atoms. The van der Waals surface area contributed by atoms with Crippen molar-refractivity contribution in [3.63, 3.8) is 0 Å². The molecule has 22 heavy (non-hydrogen) atoms. The van der Waals surface area contributed by atoms with Crippen LogP contribution in [0.1, 0.15) is 26.3 Å². The molecule has 0 aliphatic heterocycles. The van der Waals surface area contributed by atoms with E-state index in [2.05, 4.69) is 45.0 Å². The Labute approximate surface area is 144 Å². The highest BCUT2D eigenvalue weighted by molar-refractivity contribution is 7.85. The minimum atomic E-state index is -4.52. The van der Waals surface area contributed by atoms with E-state index >= 15 is 0 Å². The Morgan fingerprint density at radius 3 is 1.95 bits per heavy atom. The van der Waals surface area contributed by atoms with Gasteiger partial charge < -0.3 is 4.55 Å². The van der Waals surface area contributed by atoms with E-state index in [1.165, 1.54) is 15.2 Å². The molecule has 0 saturated carbocycles. The van der Waals surface area contributed by atoms with E-state index in [9.17, 15) is 17.4 Å². The molecule has 0 aliphatic carbocycles. The van der Waals surface area contributed by atoms with Crippen molar-refractivity contribution in [2.24, 2.45) is 0 Å². The van der Waals surface area contributed by atoms with E-state index in [1.54, 1.807) is 0 Å². The third-order valence-electron chi connectivity index (χ3n) is 2.81. The Hall–Kier alpha value is -0.990. The van der Waals surface area contributed by atoms with Gasteiger partial charge in [-0.1, -0.05) is 39.0 Å². The average molecular weight is 436 g/mol. The van der Waals surface area contributed by atoms with Gasteiger partial charge in [0, 0.05) is 0 Å². The van der Waals surface area contributed by atoms with Crippen molar-refractivity contribution >= 4 is 10.1 Å². The summed E-state index contributed by atoms with van der Waals surface area (Å²) in [6.45, 7) is 6.70. The van der Waals surface area contributed by atoms with E-state index in [1.807, 2.05) is 22.6 Å². The van der Waals surface area contributed by atoms with Gasteiger partial charge in [-0.25, -0.2) is 12.8 Å². The van der Waals surface area contributed by atoms with Crippen LogP contribution in [0.3, 0.4) is 0 Å². The van der Waals surface area contributed by atoms with Crippen molar-refractivity contribution in [2.45, 2.75) is 31.1 Å². The molecular weight excluding hydrogens is 418 g/mol. The summed E-state index contributed by atoms with van der Waals surface area (Å²) in [5.41, 5.74) is 1.69. The van der Waals surface area contributed by atoms with Crippen molar-refractivity contribution < 1.29 is 40.0 Å². The van der Waals surface area contributed by atoms with E-state index in [4.69, 9.17) is 0 Å². The highest BCUT2D eigenvalue weighted by Gasteiger charge is 2.13. The smallest absolute Gasteiger partial charge is 0.296 e. The summed E-state index contributed by atoms with van der Waals surface area (Å²) in [5.74, 6) is -0.734. The summed E-state index contributed by atoms with van der Waals surface area (Å²) in [6.07, 6.45) is 0. The lowest BCUT2D eigenvalue weighted by Crippen LogP contribution is -3.34. The van der Waals surface area contributed by atoms with Crippen LogP contribution in [0, 0.1) is 9.39 Å². The van der Waals surface area contributed by atoms with Gasteiger partial charge in [0.15, 0.2) is 3.57 Å². The molecule has 3 nitrogen and oxygen atoms in total. The quantitative estimate of drug-likeness (QED) is 0.473. The summed E-state index contributed by atoms with van der Waals surface area (Å²) in [4.78, 5) is -0.544. The van der Waals surface area contributed by atoms with Crippen LogP contribution in [-0.2, 0) is 15.5 Å². The Bertz CT molecular complexity index is 720. The standard InChI is InChI=1S/C10H14I.C6H5FO3S/c1-10(2,3)8-4-6-9(11)7-5-8;7-5-2-1-3-6(4-5)11(8,9)10/h4-7,11H,1-3H3;1-4H,(H,8,9,10)/q+1;/p-1. The molecular formula is C16H18FIO3S. The zero-order valence-electron chi connectivity index (χ0n) is 12.5. The molecule has 0 aliphatic rings. The molecule has 0 saturated heterocycles. The summed E-state index contributed by atoms with van der Waals surface area (Å²) in [5, 5.41) is 0. The van der Waals surface area contributed by atoms with Gasteiger partial charge in [0.25, 0.3) is 22.6 Å². The van der Waals surface area contributed by atoms with E-state index in [0.29, 0.717) is 6.07 Å². The fraction of sp³-hybridized carbons (Fsp3) is 0.250.